The molecule has 0 atom stereocenters. The van der Waals surface area contributed by atoms with Crippen molar-refractivity contribution >= 4 is 0 Å². The van der Waals surface area contributed by atoms with Crippen molar-refractivity contribution in [1.82, 2.24) is 5.43 Å². The van der Waals surface area contributed by atoms with E-state index < -0.39 is 0 Å². The zero-order valence-corrected chi connectivity index (χ0v) is 3.02. The highest BCUT2D eigenvalue weighted by molar-refractivity contribution is 4.65. The van der Waals surface area contributed by atoms with Crippen LogP contribution in [0.3, 0.4) is 0 Å². The normalized spacial score (nSPS) is 7.40. The van der Waals surface area contributed by atoms with Crippen LogP contribution in [0.2, 0.25) is 0 Å². The minimum absolute atomic E-state index is 0.556. The van der Waals surface area contributed by atoms with Gasteiger partial charge in [-0.15, -0.1) is 6.58 Å². The smallest absolute Gasteiger partial charge is 0.0480 e. The van der Waals surface area contributed by atoms with E-state index in [0.717, 1.165) is 0 Å². The van der Waals surface area contributed by atoms with Gasteiger partial charge in [-0.3, -0.25) is 5.84 Å². The van der Waals surface area contributed by atoms with E-state index in [1.54, 1.807) is 6.08 Å². The molecule has 0 rings (SSSR count). The summed E-state index contributed by atoms with van der Waals surface area (Å²) in [5.74, 6) is 4.69. The van der Waals surface area contributed by atoms with Gasteiger partial charge in [-0.25, -0.2) is 0 Å². The van der Waals surface area contributed by atoms with Gasteiger partial charge in [0.2, 0.25) is 0 Å². The summed E-state index contributed by atoms with van der Waals surface area (Å²) in [4.78, 5) is 0. The van der Waals surface area contributed by atoms with Gasteiger partial charge in [0.15, 0.2) is 0 Å². The van der Waals surface area contributed by atoms with Gasteiger partial charge in [0.1, 0.15) is 0 Å². The van der Waals surface area contributed by atoms with Crippen molar-refractivity contribution in [1.29, 1.82) is 0 Å². The average molecular weight is 71.1 g/mol. The van der Waals surface area contributed by atoms with Gasteiger partial charge in [-0.1, -0.05) is 6.08 Å². The van der Waals surface area contributed by atoms with Gasteiger partial charge in [-0.2, -0.15) is 5.43 Å². The van der Waals surface area contributed by atoms with E-state index in [0.29, 0.717) is 6.54 Å². The lowest BCUT2D eigenvalue weighted by atomic mass is 10.7. The second kappa shape index (κ2) is 3.66. The van der Waals surface area contributed by atoms with Crippen LogP contribution in [-0.4, -0.2) is 6.54 Å². The number of hydrogen-bond acceptors (Lipinski definition) is 1. The lowest BCUT2D eigenvalue weighted by Crippen LogP contribution is -2.11. The zero-order chi connectivity index (χ0) is 4.12. The first kappa shape index (κ1) is 4.66. The van der Waals surface area contributed by atoms with Crippen LogP contribution in [0.25, 0.3) is 0 Å². The maximum absolute atomic E-state index is 4.69. The molecule has 2 heteroatoms. The Morgan fingerprint density at radius 1 is 2.00 bits per heavy atom. The molecule has 5 heavy (non-hydrogen) atoms. The number of rotatable bonds is 2. The van der Waals surface area contributed by atoms with Crippen LogP contribution in [0.15, 0.2) is 12.7 Å². The standard InChI is InChI=1S/C3H7N2/c1-2-3-5-4/h2H,1,3-4H2. The van der Waals surface area contributed by atoms with Gasteiger partial charge in [0.05, 0.1) is 0 Å². The fourth-order valence-electron chi connectivity index (χ4n) is 0.0745. The molecule has 0 aromatic heterocycles. The SMILES string of the molecule is C=CC[N]N. The van der Waals surface area contributed by atoms with Gasteiger partial charge in [0, 0.05) is 6.54 Å². The molecule has 0 amide bonds. The number of hydrogen-bond donors (Lipinski definition) is 1. The highest BCUT2D eigenvalue weighted by atomic mass is 15.2. The van der Waals surface area contributed by atoms with Crippen molar-refractivity contribution in [2.24, 2.45) is 5.84 Å². The van der Waals surface area contributed by atoms with Gasteiger partial charge >= 0.3 is 0 Å². The molecular weight excluding hydrogens is 64.0 g/mol. The van der Waals surface area contributed by atoms with Crippen LogP contribution in [-0.2, 0) is 0 Å². The van der Waals surface area contributed by atoms with Crippen LogP contribution in [0, 0.1) is 0 Å². The third-order valence-corrected chi connectivity index (χ3v) is 0.235. The molecule has 0 unspecified atom stereocenters. The fraction of sp³-hybridized carbons (Fsp3) is 0.333. The minimum Gasteiger partial charge on any atom is -0.253 e. The first-order valence-corrected chi connectivity index (χ1v) is 1.39. The van der Waals surface area contributed by atoms with Crippen LogP contribution < -0.4 is 11.3 Å². The van der Waals surface area contributed by atoms with E-state index in [9.17, 15) is 0 Å². The molecule has 0 saturated heterocycles. The lowest BCUT2D eigenvalue weighted by molar-refractivity contribution is 0.805. The Balaban J connectivity index is 2.40. The Labute approximate surface area is 31.6 Å². The van der Waals surface area contributed by atoms with Crippen LogP contribution in [0.4, 0.5) is 0 Å². The van der Waals surface area contributed by atoms with E-state index >= 15 is 0 Å². The summed E-state index contributed by atoms with van der Waals surface area (Å²) in [6, 6.07) is 0. The maximum atomic E-state index is 4.69. The molecule has 0 aromatic rings. The van der Waals surface area contributed by atoms with Crippen molar-refractivity contribution in [3.05, 3.63) is 12.7 Å². The van der Waals surface area contributed by atoms with Crippen molar-refractivity contribution in [3.63, 3.8) is 0 Å². The quantitative estimate of drug-likeness (QED) is 0.270. The minimum atomic E-state index is 0.556. The Morgan fingerprint density at radius 2 is 2.60 bits per heavy atom. The first-order chi connectivity index (χ1) is 2.41. The monoisotopic (exact) mass is 71.1 g/mol. The van der Waals surface area contributed by atoms with Crippen molar-refractivity contribution < 1.29 is 0 Å². The molecule has 0 aliphatic heterocycles. The van der Waals surface area contributed by atoms with Gasteiger partial charge in [-0.05, 0) is 0 Å². The summed E-state index contributed by atoms with van der Waals surface area (Å²) in [5, 5.41) is 0. The molecule has 0 heterocycles. The van der Waals surface area contributed by atoms with Crippen molar-refractivity contribution in [2.75, 3.05) is 6.54 Å². The highest BCUT2D eigenvalue weighted by Crippen LogP contribution is 1.49. The topological polar surface area (TPSA) is 40.1 Å². The predicted octanol–water partition coefficient (Wildman–Crippen LogP) is -0.350. The molecule has 0 fully saturated rings. The summed E-state index contributed by atoms with van der Waals surface area (Å²) < 4.78 is 0. The third kappa shape index (κ3) is 3.66. The van der Waals surface area contributed by atoms with E-state index in [1.807, 2.05) is 0 Å². The molecule has 0 aliphatic rings. The van der Waals surface area contributed by atoms with Crippen molar-refractivity contribution in [3.8, 4) is 0 Å². The molecule has 0 aromatic carbocycles. The maximum Gasteiger partial charge on any atom is 0.0480 e. The van der Waals surface area contributed by atoms with Crippen molar-refractivity contribution in [2.45, 2.75) is 0 Å². The first-order valence-electron chi connectivity index (χ1n) is 1.39. The summed E-state index contributed by atoms with van der Waals surface area (Å²) in [6.45, 7) is 3.93. The van der Waals surface area contributed by atoms with Crippen LogP contribution in [0.1, 0.15) is 0 Å². The largest absolute Gasteiger partial charge is 0.253 e. The molecule has 0 spiro atoms. The Hall–Kier alpha value is -0.340. The fourth-order valence-corrected chi connectivity index (χ4v) is 0.0745. The Bertz CT molecular complexity index is 26.1. The summed E-state index contributed by atoms with van der Waals surface area (Å²) in [5.41, 5.74) is 3.24. The number of nitrogens with zero attached hydrogens (tertiary/aromatic N) is 1. The number of nitrogens with two attached hydrogens (primary N) is 1. The van der Waals surface area contributed by atoms with Gasteiger partial charge < -0.3 is 0 Å². The average Bonchev–Trinajstić information content (AvgIpc) is 1.41. The molecule has 0 saturated carbocycles. The summed E-state index contributed by atoms with van der Waals surface area (Å²) >= 11 is 0. The molecule has 1 radical (unpaired) electrons. The second-order valence-corrected chi connectivity index (χ2v) is 0.654. The summed E-state index contributed by atoms with van der Waals surface area (Å²) in [6.07, 6.45) is 1.64. The highest BCUT2D eigenvalue weighted by Gasteiger charge is 1.60. The van der Waals surface area contributed by atoms with E-state index in [2.05, 4.69) is 12.0 Å². The molecule has 0 bridgehead atoms. The van der Waals surface area contributed by atoms with E-state index in [-0.39, 0.29) is 0 Å². The molecule has 2 N–H and O–H groups in total. The third-order valence-electron chi connectivity index (χ3n) is 0.235. The molecule has 29 valence electrons. The van der Waals surface area contributed by atoms with E-state index in [1.165, 1.54) is 0 Å². The molecule has 2 nitrogen and oxygen atoms in total. The second-order valence-electron chi connectivity index (χ2n) is 0.654. The van der Waals surface area contributed by atoms with Gasteiger partial charge in [0.25, 0.3) is 0 Å². The Kier molecular flexibility index (Phi) is 3.41. The molecular formula is C3H7N2. The zero-order valence-electron chi connectivity index (χ0n) is 3.02. The summed E-state index contributed by atoms with van der Waals surface area (Å²) in [7, 11) is 0. The molecule has 0 aliphatic carbocycles. The van der Waals surface area contributed by atoms with Crippen LogP contribution >= 0.6 is 0 Å². The van der Waals surface area contributed by atoms with Crippen LogP contribution in [0.5, 0.6) is 0 Å². The predicted molar refractivity (Wildman–Crippen MR) is 21.4 cm³/mol. The lowest BCUT2D eigenvalue weighted by Gasteiger charge is -1.76. The van der Waals surface area contributed by atoms with E-state index in [4.69, 9.17) is 5.84 Å². The Morgan fingerprint density at radius 3 is 2.60 bits per heavy atom.